The molecule has 0 spiro atoms. The van der Waals surface area contributed by atoms with Crippen molar-refractivity contribution >= 4 is 0 Å². The molecule has 0 bridgehead atoms. The molecule has 2 aromatic rings. The number of benzene rings is 1. The van der Waals surface area contributed by atoms with E-state index in [1.165, 1.54) is 6.07 Å². The quantitative estimate of drug-likeness (QED) is 0.818. The number of nitrogens with one attached hydrogen (secondary N) is 1. The highest BCUT2D eigenvalue weighted by molar-refractivity contribution is 5.23. The number of aromatic nitrogens is 2. The van der Waals surface area contributed by atoms with Gasteiger partial charge in [0.25, 0.3) is 0 Å². The summed E-state index contributed by atoms with van der Waals surface area (Å²) >= 11 is 0. The van der Waals surface area contributed by atoms with E-state index in [9.17, 15) is 13.9 Å². The van der Waals surface area contributed by atoms with Crippen molar-refractivity contribution < 1.29 is 18.6 Å². The van der Waals surface area contributed by atoms with Crippen LogP contribution in [0.4, 0.5) is 8.78 Å². The van der Waals surface area contributed by atoms with Crippen molar-refractivity contribution in [1.82, 2.24) is 15.1 Å². The van der Waals surface area contributed by atoms with Crippen LogP contribution < -0.4 is 10.1 Å². The van der Waals surface area contributed by atoms with Gasteiger partial charge in [-0.3, -0.25) is 4.68 Å². The summed E-state index contributed by atoms with van der Waals surface area (Å²) in [5, 5.41) is 17.1. The van der Waals surface area contributed by atoms with E-state index in [0.29, 0.717) is 6.54 Å². The standard InChI is InChI=1S/C15H19F2N3O2/c1-10(11-6-19-20(2)8-11)18-7-12(21)9-22-13-3-4-14(16)15(17)5-13/h3-6,8,10,12,18,21H,7,9H2,1-2H3. The van der Waals surface area contributed by atoms with Gasteiger partial charge in [0.05, 0.1) is 6.20 Å². The number of halogens is 2. The van der Waals surface area contributed by atoms with Crippen LogP contribution >= 0.6 is 0 Å². The fourth-order valence-corrected chi connectivity index (χ4v) is 1.91. The zero-order valence-electron chi connectivity index (χ0n) is 12.5. The fraction of sp³-hybridized carbons (Fsp3) is 0.400. The van der Waals surface area contributed by atoms with Crippen LogP contribution in [0.2, 0.25) is 0 Å². The normalized spacial score (nSPS) is 13.9. The third kappa shape index (κ3) is 4.51. The molecule has 1 aromatic heterocycles. The van der Waals surface area contributed by atoms with Crippen LogP contribution in [-0.2, 0) is 7.05 Å². The lowest BCUT2D eigenvalue weighted by atomic mass is 10.2. The largest absolute Gasteiger partial charge is 0.491 e. The van der Waals surface area contributed by atoms with Crippen LogP contribution in [0, 0.1) is 11.6 Å². The molecule has 0 aliphatic rings. The van der Waals surface area contributed by atoms with Gasteiger partial charge in [0.15, 0.2) is 11.6 Å². The summed E-state index contributed by atoms with van der Waals surface area (Å²) in [5.41, 5.74) is 1.01. The van der Waals surface area contributed by atoms with Crippen LogP contribution in [-0.4, -0.2) is 34.1 Å². The highest BCUT2D eigenvalue weighted by Gasteiger charge is 2.11. The first-order chi connectivity index (χ1) is 10.5. The topological polar surface area (TPSA) is 59.3 Å². The third-order valence-electron chi connectivity index (χ3n) is 3.22. The molecule has 0 radical (unpaired) electrons. The zero-order valence-corrected chi connectivity index (χ0v) is 12.5. The molecule has 22 heavy (non-hydrogen) atoms. The number of aryl methyl sites for hydroxylation is 1. The number of ether oxygens (including phenoxy) is 1. The summed E-state index contributed by atoms with van der Waals surface area (Å²) in [5.74, 6) is -1.73. The molecule has 2 unspecified atom stereocenters. The molecule has 0 aliphatic heterocycles. The van der Waals surface area contributed by atoms with E-state index in [4.69, 9.17) is 4.74 Å². The van der Waals surface area contributed by atoms with Gasteiger partial charge in [-0.2, -0.15) is 5.10 Å². The van der Waals surface area contributed by atoms with E-state index in [0.717, 1.165) is 17.7 Å². The Hall–Kier alpha value is -1.99. The van der Waals surface area contributed by atoms with Crippen molar-refractivity contribution in [3.05, 3.63) is 47.8 Å². The molecule has 0 saturated heterocycles. The molecule has 2 atom stereocenters. The monoisotopic (exact) mass is 311 g/mol. The summed E-state index contributed by atoms with van der Waals surface area (Å²) in [4.78, 5) is 0. The van der Waals surface area contributed by atoms with Crippen LogP contribution in [0.3, 0.4) is 0 Å². The van der Waals surface area contributed by atoms with Gasteiger partial charge in [-0.15, -0.1) is 0 Å². The first-order valence-corrected chi connectivity index (χ1v) is 6.93. The summed E-state index contributed by atoms with van der Waals surface area (Å²) in [6.07, 6.45) is 2.87. The molecule has 5 nitrogen and oxygen atoms in total. The van der Waals surface area contributed by atoms with E-state index in [-0.39, 0.29) is 18.4 Å². The summed E-state index contributed by atoms with van der Waals surface area (Å²) in [6, 6.07) is 3.29. The first-order valence-electron chi connectivity index (χ1n) is 6.93. The van der Waals surface area contributed by atoms with Gasteiger partial charge in [0.2, 0.25) is 0 Å². The third-order valence-corrected chi connectivity index (χ3v) is 3.22. The van der Waals surface area contributed by atoms with E-state index < -0.39 is 17.7 Å². The van der Waals surface area contributed by atoms with Crippen LogP contribution in [0.5, 0.6) is 5.75 Å². The Bertz CT molecular complexity index is 619. The minimum Gasteiger partial charge on any atom is -0.491 e. The maximum atomic E-state index is 13.0. The van der Waals surface area contributed by atoms with E-state index in [1.807, 2.05) is 20.2 Å². The van der Waals surface area contributed by atoms with Gasteiger partial charge in [0.1, 0.15) is 18.5 Å². The van der Waals surface area contributed by atoms with Crippen molar-refractivity contribution in [2.75, 3.05) is 13.2 Å². The smallest absolute Gasteiger partial charge is 0.162 e. The van der Waals surface area contributed by atoms with Gasteiger partial charge in [-0.1, -0.05) is 0 Å². The summed E-state index contributed by atoms with van der Waals surface area (Å²) in [7, 11) is 1.83. The number of nitrogens with zero attached hydrogens (tertiary/aromatic N) is 2. The molecular weight excluding hydrogens is 292 g/mol. The Balaban J connectivity index is 1.75. The molecule has 1 aromatic carbocycles. The minimum atomic E-state index is -0.977. The van der Waals surface area contributed by atoms with Crippen molar-refractivity contribution in [1.29, 1.82) is 0 Å². The number of rotatable bonds is 7. The minimum absolute atomic E-state index is 0.0160. The van der Waals surface area contributed by atoms with Crippen LogP contribution in [0.25, 0.3) is 0 Å². The maximum Gasteiger partial charge on any atom is 0.162 e. The number of hydrogen-bond acceptors (Lipinski definition) is 4. The fourth-order valence-electron chi connectivity index (χ4n) is 1.91. The predicted molar refractivity (Wildman–Crippen MR) is 77.5 cm³/mol. The van der Waals surface area contributed by atoms with Crippen LogP contribution in [0.1, 0.15) is 18.5 Å². The lowest BCUT2D eigenvalue weighted by Gasteiger charge is -2.16. The zero-order chi connectivity index (χ0) is 16.1. The Morgan fingerprint density at radius 3 is 2.77 bits per heavy atom. The van der Waals surface area contributed by atoms with E-state index >= 15 is 0 Å². The maximum absolute atomic E-state index is 13.0. The van der Waals surface area contributed by atoms with Gasteiger partial charge in [-0.25, -0.2) is 8.78 Å². The molecule has 0 fully saturated rings. The van der Waals surface area contributed by atoms with Gasteiger partial charge >= 0.3 is 0 Å². The summed E-state index contributed by atoms with van der Waals surface area (Å²) in [6.45, 7) is 2.25. The van der Waals surface area contributed by atoms with Crippen molar-refractivity contribution in [3.8, 4) is 5.75 Å². The second-order valence-electron chi connectivity index (χ2n) is 5.12. The van der Waals surface area contributed by atoms with Gasteiger partial charge in [0, 0.05) is 37.5 Å². The average Bonchev–Trinajstić information content (AvgIpc) is 2.92. The van der Waals surface area contributed by atoms with E-state index in [1.54, 1.807) is 10.9 Å². The summed E-state index contributed by atoms with van der Waals surface area (Å²) < 4.78 is 32.7. The van der Waals surface area contributed by atoms with Crippen molar-refractivity contribution in [2.24, 2.45) is 7.05 Å². The molecule has 7 heteroatoms. The second-order valence-corrected chi connectivity index (χ2v) is 5.12. The Kier molecular flexibility index (Phi) is 5.46. The SMILES string of the molecule is CC(NCC(O)COc1ccc(F)c(F)c1)c1cnn(C)c1. The Labute approximate surface area is 127 Å². The molecule has 0 aliphatic carbocycles. The second kappa shape index (κ2) is 7.33. The number of hydrogen-bond donors (Lipinski definition) is 2. The lowest BCUT2D eigenvalue weighted by Crippen LogP contribution is -2.33. The lowest BCUT2D eigenvalue weighted by molar-refractivity contribution is 0.104. The molecule has 2 rings (SSSR count). The molecule has 120 valence electrons. The Morgan fingerprint density at radius 1 is 1.36 bits per heavy atom. The molecule has 2 N–H and O–H groups in total. The average molecular weight is 311 g/mol. The van der Waals surface area contributed by atoms with Crippen molar-refractivity contribution in [3.63, 3.8) is 0 Å². The van der Waals surface area contributed by atoms with Crippen molar-refractivity contribution in [2.45, 2.75) is 19.1 Å². The highest BCUT2D eigenvalue weighted by Crippen LogP contribution is 2.15. The highest BCUT2D eigenvalue weighted by atomic mass is 19.2. The first kappa shape index (κ1) is 16.4. The number of aliphatic hydroxyl groups excluding tert-OH is 1. The molecule has 1 heterocycles. The van der Waals surface area contributed by atoms with E-state index in [2.05, 4.69) is 10.4 Å². The molecule has 0 amide bonds. The number of aliphatic hydroxyl groups is 1. The van der Waals surface area contributed by atoms with Gasteiger partial charge < -0.3 is 15.2 Å². The Morgan fingerprint density at radius 2 is 2.14 bits per heavy atom. The van der Waals surface area contributed by atoms with Gasteiger partial charge in [-0.05, 0) is 19.1 Å². The predicted octanol–water partition coefficient (Wildman–Crippen LogP) is 1.79. The van der Waals surface area contributed by atoms with Crippen LogP contribution in [0.15, 0.2) is 30.6 Å². The molecular formula is C15H19F2N3O2. The molecule has 0 saturated carbocycles.